The van der Waals surface area contributed by atoms with E-state index in [1.54, 1.807) is 12.2 Å². The highest BCUT2D eigenvalue weighted by Gasteiger charge is 2.30. The Bertz CT molecular complexity index is 2420. The van der Waals surface area contributed by atoms with Crippen LogP contribution in [-0.2, 0) is 65.4 Å². The largest absolute Gasteiger partial charge is 0.472 e. The molecule has 0 aromatic carbocycles. The van der Waals surface area contributed by atoms with E-state index in [1.807, 2.05) is 12.2 Å². The van der Waals surface area contributed by atoms with Crippen LogP contribution in [0.4, 0.5) is 0 Å². The van der Waals surface area contributed by atoms with Crippen LogP contribution >= 0.6 is 15.6 Å². The Labute approximate surface area is 605 Å². The Balaban J connectivity index is 5.43. The van der Waals surface area contributed by atoms with Crippen molar-refractivity contribution in [1.29, 1.82) is 0 Å². The SMILES string of the molecule is CC/C=C\C/C=C\C/C=C\C/C=C\C/C=C\CC(=O)OC(COC(=O)CCCCCCCC/C=C\C/C=C\C/C=C\CCCCC)COP(=O)(O)OCC(O)COP(=O)(O)OCC(COC(=O)CCCCCCC/C=C\C/C=C\CCC)OC(=O)CCCCCCC/C=C\CCCCCC. The Morgan fingerprint density at radius 2 is 0.580 bits per heavy atom. The van der Waals surface area contributed by atoms with Crippen LogP contribution in [0, 0.1) is 0 Å². The van der Waals surface area contributed by atoms with Crippen molar-refractivity contribution in [3.05, 3.63) is 134 Å². The van der Waals surface area contributed by atoms with Gasteiger partial charge in [0.1, 0.15) is 19.3 Å². The second-order valence-corrected chi connectivity index (χ2v) is 28.1. The summed E-state index contributed by atoms with van der Waals surface area (Å²) in [6, 6.07) is 0. The molecule has 5 unspecified atom stereocenters. The third-order valence-electron chi connectivity index (χ3n) is 15.6. The van der Waals surface area contributed by atoms with E-state index in [2.05, 4.69) is 137 Å². The third-order valence-corrected chi connectivity index (χ3v) is 17.5. The quantitative estimate of drug-likeness (QED) is 0.0169. The van der Waals surface area contributed by atoms with Gasteiger partial charge in [0.05, 0.1) is 32.8 Å². The molecule has 100 heavy (non-hydrogen) atoms. The second-order valence-electron chi connectivity index (χ2n) is 25.2. The molecule has 0 spiro atoms. The normalized spacial score (nSPS) is 14.7. The second kappa shape index (κ2) is 72.5. The standard InChI is InChI=1S/C81H136O17P2/c1-5-9-13-17-21-25-29-33-35-36-37-38-40-43-46-50-54-58-62-66-79(84)92-72-77(98-81(86)68-64-60-56-52-48-44-39-34-30-26-22-18-14-10-6-2)74-96-100(89,90)94-70-75(82)69-93-99(87,88)95-73-76(97-80(85)67-63-59-55-51-47-42-32-28-24-20-16-12-8-4)71-91-78(83)65-61-57-53-49-45-41-31-27-23-19-15-11-7-3/h10,14-15,19,21-22,25-28,31-35,37-39,48,52,60,64,75-77,82H,5-9,11-13,16-18,20,23-24,29-30,36,40-47,49-51,53-59,61-63,65-74H2,1-4H3,(H,87,88)(H,89,90)/b14-10-,19-15-,25-21-,26-22-,31-27-,32-28-,35-33-,38-37-,39-34-,52-48-,64-60-. The van der Waals surface area contributed by atoms with Gasteiger partial charge in [-0.05, 0) is 141 Å². The summed E-state index contributed by atoms with van der Waals surface area (Å²) >= 11 is 0. The van der Waals surface area contributed by atoms with E-state index in [4.69, 9.17) is 37.0 Å². The van der Waals surface area contributed by atoms with Crippen molar-refractivity contribution in [1.82, 2.24) is 0 Å². The van der Waals surface area contributed by atoms with Gasteiger partial charge in [-0.2, -0.15) is 0 Å². The lowest BCUT2D eigenvalue weighted by Crippen LogP contribution is -2.30. The molecule has 0 aliphatic rings. The van der Waals surface area contributed by atoms with Crippen LogP contribution in [0.1, 0.15) is 297 Å². The minimum atomic E-state index is -5.01. The number of phosphoric acid groups is 2. The number of phosphoric ester groups is 2. The van der Waals surface area contributed by atoms with Crippen molar-refractivity contribution >= 4 is 39.5 Å². The van der Waals surface area contributed by atoms with Crippen LogP contribution in [-0.4, -0.2) is 96.7 Å². The minimum Gasteiger partial charge on any atom is -0.462 e. The van der Waals surface area contributed by atoms with Gasteiger partial charge < -0.3 is 33.8 Å². The molecule has 3 N–H and O–H groups in total. The minimum absolute atomic E-state index is 0.0768. The highest BCUT2D eigenvalue weighted by molar-refractivity contribution is 7.47. The van der Waals surface area contributed by atoms with E-state index in [0.717, 1.165) is 173 Å². The van der Waals surface area contributed by atoms with Gasteiger partial charge in [0, 0.05) is 19.3 Å². The number of aliphatic hydroxyl groups excluding tert-OH is 1. The van der Waals surface area contributed by atoms with Gasteiger partial charge in [-0.15, -0.1) is 0 Å². The summed E-state index contributed by atoms with van der Waals surface area (Å²) in [5, 5.41) is 10.6. The fraction of sp³-hybridized carbons (Fsp3) is 0.679. The van der Waals surface area contributed by atoms with Crippen molar-refractivity contribution < 1.29 is 80.2 Å². The van der Waals surface area contributed by atoms with Crippen molar-refractivity contribution in [2.45, 2.75) is 316 Å². The van der Waals surface area contributed by atoms with Crippen molar-refractivity contribution in [2.24, 2.45) is 0 Å². The average Bonchev–Trinajstić information content (AvgIpc) is 0.946. The Morgan fingerprint density at radius 1 is 0.300 bits per heavy atom. The molecule has 0 aliphatic carbocycles. The molecule has 0 bridgehead atoms. The van der Waals surface area contributed by atoms with Gasteiger partial charge in [-0.3, -0.25) is 37.3 Å². The molecule has 0 aromatic heterocycles. The van der Waals surface area contributed by atoms with Gasteiger partial charge in [0.25, 0.3) is 0 Å². The number of esters is 4. The molecule has 0 rings (SSSR count). The highest BCUT2D eigenvalue weighted by Crippen LogP contribution is 2.45. The molecule has 0 heterocycles. The maximum Gasteiger partial charge on any atom is 0.472 e. The van der Waals surface area contributed by atoms with Crippen LogP contribution in [0.2, 0.25) is 0 Å². The predicted octanol–water partition coefficient (Wildman–Crippen LogP) is 22.1. The lowest BCUT2D eigenvalue weighted by Gasteiger charge is -2.21. The summed E-state index contributed by atoms with van der Waals surface area (Å²) in [6.07, 6.45) is 80.4. The molecule has 5 atom stereocenters. The molecule has 0 radical (unpaired) electrons. The van der Waals surface area contributed by atoms with Gasteiger partial charge in [0.15, 0.2) is 12.2 Å². The lowest BCUT2D eigenvalue weighted by molar-refractivity contribution is -0.161. The lowest BCUT2D eigenvalue weighted by atomic mass is 10.1. The topological polar surface area (TPSA) is 237 Å². The number of rotatable bonds is 71. The number of carbonyl (C=O) groups excluding carboxylic acids is 4. The predicted molar refractivity (Wildman–Crippen MR) is 408 cm³/mol. The number of hydrogen-bond donors (Lipinski definition) is 3. The van der Waals surface area contributed by atoms with Crippen LogP contribution in [0.5, 0.6) is 0 Å². The van der Waals surface area contributed by atoms with Gasteiger partial charge in [-0.1, -0.05) is 264 Å². The number of ether oxygens (including phenoxy) is 4. The molecular weight excluding hydrogens is 1310 g/mol. The van der Waals surface area contributed by atoms with Crippen LogP contribution in [0.3, 0.4) is 0 Å². The van der Waals surface area contributed by atoms with Crippen LogP contribution < -0.4 is 0 Å². The summed E-state index contributed by atoms with van der Waals surface area (Å²) < 4.78 is 68.3. The first-order valence-electron chi connectivity index (χ1n) is 38.4. The summed E-state index contributed by atoms with van der Waals surface area (Å²) in [6.45, 7) is 4.49. The summed E-state index contributed by atoms with van der Waals surface area (Å²) in [5.41, 5.74) is 0. The van der Waals surface area contributed by atoms with E-state index < -0.39 is 97.5 Å². The summed E-state index contributed by atoms with van der Waals surface area (Å²) in [4.78, 5) is 72.8. The molecule has 0 saturated heterocycles. The third kappa shape index (κ3) is 71.6. The van der Waals surface area contributed by atoms with E-state index >= 15 is 0 Å². The monoisotopic (exact) mass is 1440 g/mol. The van der Waals surface area contributed by atoms with Crippen molar-refractivity contribution in [3.8, 4) is 0 Å². The fourth-order valence-corrected chi connectivity index (χ4v) is 11.3. The van der Waals surface area contributed by atoms with Gasteiger partial charge >= 0.3 is 39.5 Å². The maximum absolute atomic E-state index is 13.1. The number of aliphatic hydroxyl groups is 1. The van der Waals surface area contributed by atoms with E-state index in [0.29, 0.717) is 25.7 Å². The van der Waals surface area contributed by atoms with E-state index in [9.17, 15) is 43.2 Å². The number of unbranched alkanes of at least 4 members (excludes halogenated alkanes) is 24. The molecular formula is C81H136O17P2. The fourth-order valence-electron chi connectivity index (χ4n) is 9.75. The molecule has 0 aliphatic heterocycles. The van der Waals surface area contributed by atoms with Crippen LogP contribution in [0.15, 0.2) is 134 Å². The molecule has 0 saturated carbocycles. The highest BCUT2D eigenvalue weighted by atomic mass is 31.2. The Hall–Kier alpha value is -4.80. The molecule has 17 nitrogen and oxygen atoms in total. The van der Waals surface area contributed by atoms with Gasteiger partial charge in [-0.25, -0.2) is 9.13 Å². The van der Waals surface area contributed by atoms with Crippen LogP contribution in [0.25, 0.3) is 0 Å². The first-order chi connectivity index (χ1) is 48.7. The Morgan fingerprint density at radius 3 is 0.960 bits per heavy atom. The molecule has 0 fully saturated rings. The number of hydrogen-bond acceptors (Lipinski definition) is 15. The zero-order chi connectivity index (χ0) is 73.2. The molecule has 572 valence electrons. The number of carbonyl (C=O) groups is 4. The van der Waals surface area contributed by atoms with Gasteiger partial charge in [0.2, 0.25) is 0 Å². The zero-order valence-corrected chi connectivity index (χ0v) is 64.1. The molecule has 0 aromatic rings. The van der Waals surface area contributed by atoms with E-state index in [-0.39, 0.29) is 25.7 Å². The smallest absolute Gasteiger partial charge is 0.462 e. The molecule has 0 amide bonds. The Kier molecular flexibility index (Phi) is 69.1. The van der Waals surface area contributed by atoms with Crippen molar-refractivity contribution in [2.75, 3.05) is 39.6 Å². The summed E-state index contributed by atoms with van der Waals surface area (Å²) in [5.74, 6) is -2.37. The number of allylic oxidation sites excluding steroid dienone is 21. The van der Waals surface area contributed by atoms with Crippen molar-refractivity contribution in [3.63, 3.8) is 0 Å². The van der Waals surface area contributed by atoms with E-state index in [1.165, 1.54) is 44.9 Å². The average molecular weight is 1440 g/mol. The first kappa shape index (κ1) is 95.2. The molecule has 19 heteroatoms. The zero-order valence-electron chi connectivity index (χ0n) is 62.3. The summed E-state index contributed by atoms with van der Waals surface area (Å²) in [7, 11) is -9.99. The first-order valence-corrected chi connectivity index (χ1v) is 41.4. The maximum atomic E-state index is 13.1.